The number of hydrogen-bond donors (Lipinski definition) is 1. The molecule has 2 heterocycles. The fourth-order valence-electron chi connectivity index (χ4n) is 1.82. The zero-order chi connectivity index (χ0) is 14.2. The molecule has 0 aliphatic carbocycles. The van der Waals surface area contributed by atoms with Crippen LogP contribution in [0.15, 0.2) is 6.20 Å². The molecule has 0 unspecified atom stereocenters. The van der Waals surface area contributed by atoms with Crippen molar-refractivity contribution >= 4 is 11.6 Å². The Bertz CT molecular complexity index is 578. The summed E-state index contributed by atoms with van der Waals surface area (Å²) in [6.07, 6.45) is 2.65. The Morgan fingerprint density at radius 1 is 1.42 bits per heavy atom. The van der Waals surface area contributed by atoms with Crippen LogP contribution in [0.25, 0.3) is 0 Å². The number of halogens is 1. The Balaban J connectivity index is 2.27. The van der Waals surface area contributed by atoms with Crippen molar-refractivity contribution in [2.24, 2.45) is 12.8 Å². The molecule has 0 bridgehead atoms. The first-order valence-corrected chi connectivity index (χ1v) is 6.60. The number of aryl methyl sites for hydroxylation is 2. The number of rotatable bonds is 4. The molecule has 0 aliphatic rings. The number of nitrogens with two attached hydrogens (primary N) is 1. The fraction of sp³-hybridized carbons (Fsp3) is 0.583. The van der Waals surface area contributed by atoms with Gasteiger partial charge in [-0.05, 0) is 20.3 Å². The van der Waals surface area contributed by atoms with Crippen molar-refractivity contribution in [3.05, 3.63) is 28.3 Å². The summed E-state index contributed by atoms with van der Waals surface area (Å²) < 4.78 is 3.52. The monoisotopic (exact) mass is 282 g/mol. The lowest BCUT2D eigenvalue weighted by Gasteiger charge is -2.13. The van der Waals surface area contributed by atoms with E-state index in [1.54, 1.807) is 9.36 Å². The van der Waals surface area contributed by atoms with Crippen LogP contribution < -0.4 is 5.73 Å². The van der Waals surface area contributed by atoms with E-state index in [9.17, 15) is 0 Å². The maximum atomic E-state index is 6.31. The van der Waals surface area contributed by atoms with Crippen LogP contribution >= 0.6 is 11.6 Å². The summed E-state index contributed by atoms with van der Waals surface area (Å²) in [5, 5.41) is 13.2. The van der Waals surface area contributed by atoms with Gasteiger partial charge in [0.15, 0.2) is 0 Å². The van der Waals surface area contributed by atoms with E-state index >= 15 is 0 Å². The molecule has 0 atom stereocenters. The van der Waals surface area contributed by atoms with Crippen molar-refractivity contribution in [3.63, 3.8) is 0 Å². The average molecular weight is 283 g/mol. The fourth-order valence-corrected chi connectivity index (χ4v) is 2.17. The Hall–Kier alpha value is -1.40. The third-order valence-electron chi connectivity index (χ3n) is 3.01. The second kappa shape index (κ2) is 4.94. The molecule has 2 aromatic rings. The molecule has 19 heavy (non-hydrogen) atoms. The SMILES string of the molecule is CCc1nn(C)c(Cn2cc(C(C)(C)N)nn2)c1Cl. The minimum Gasteiger partial charge on any atom is -0.320 e. The molecule has 0 aliphatic heterocycles. The summed E-state index contributed by atoms with van der Waals surface area (Å²) in [5.74, 6) is 0. The van der Waals surface area contributed by atoms with E-state index < -0.39 is 5.54 Å². The molecule has 0 spiro atoms. The third-order valence-corrected chi connectivity index (χ3v) is 3.45. The molecule has 0 saturated heterocycles. The Morgan fingerprint density at radius 2 is 2.11 bits per heavy atom. The zero-order valence-electron chi connectivity index (χ0n) is 11.7. The van der Waals surface area contributed by atoms with E-state index in [1.807, 2.05) is 34.0 Å². The summed E-state index contributed by atoms with van der Waals surface area (Å²) in [7, 11) is 1.88. The van der Waals surface area contributed by atoms with Crippen LogP contribution in [0.4, 0.5) is 0 Å². The number of hydrogen-bond acceptors (Lipinski definition) is 4. The molecule has 0 saturated carbocycles. The topological polar surface area (TPSA) is 74.5 Å². The molecule has 0 fully saturated rings. The second-order valence-corrected chi connectivity index (χ2v) is 5.59. The lowest BCUT2D eigenvalue weighted by Crippen LogP contribution is -2.29. The van der Waals surface area contributed by atoms with Gasteiger partial charge in [-0.25, -0.2) is 4.68 Å². The Labute approximate surface area is 117 Å². The van der Waals surface area contributed by atoms with Gasteiger partial charge >= 0.3 is 0 Å². The highest BCUT2D eigenvalue weighted by atomic mass is 35.5. The standard InChI is InChI=1S/C12H19ClN6/c1-5-8-11(13)9(18(4)16-8)6-19-7-10(15-17-19)12(2,3)14/h7H,5-6,14H2,1-4H3. The highest BCUT2D eigenvalue weighted by Gasteiger charge is 2.19. The van der Waals surface area contributed by atoms with Gasteiger partial charge in [0.2, 0.25) is 0 Å². The quantitative estimate of drug-likeness (QED) is 0.921. The predicted molar refractivity (Wildman–Crippen MR) is 73.9 cm³/mol. The lowest BCUT2D eigenvalue weighted by atomic mass is 10.0. The van der Waals surface area contributed by atoms with Gasteiger partial charge < -0.3 is 5.73 Å². The van der Waals surface area contributed by atoms with Crippen LogP contribution in [0, 0.1) is 0 Å². The van der Waals surface area contributed by atoms with Gasteiger partial charge in [-0.3, -0.25) is 4.68 Å². The van der Waals surface area contributed by atoms with Gasteiger partial charge in [0, 0.05) is 7.05 Å². The van der Waals surface area contributed by atoms with Crippen molar-refractivity contribution in [2.45, 2.75) is 39.3 Å². The molecule has 0 radical (unpaired) electrons. The second-order valence-electron chi connectivity index (χ2n) is 5.21. The van der Waals surface area contributed by atoms with Gasteiger partial charge in [0.25, 0.3) is 0 Å². The molecule has 6 nitrogen and oxygen atoms in total. The molecule has 2 rings (SSSR count). The highest BCUT2D eigenvalue weighted by molar-refractivity contribution is 6.31. The Kier molecular flexibility index (Phi) is 3.64. The molecule has 104 valence electrons. The van der Waals surface area contributed by atoms with E-state index in [0.717, 1.165) is 23.5 Å². The van der Waals surface area contributed by atoms with Gasteiger partial charge in [0.1, 0.15) is 5.69 Å². The first kappa shape index (κ1) is 14.0. The van der Waals surface area contributed by atoms with Crippen LogP contribution in [0.1, 0.15) is 37.9 Å². The van der Waals surface area contributed by atoms with E-state index in [4.69, 9.17) is 17.3 Å². The predicted octanol–water partition coefficient (Wildman–Crippen LogP) is 1.47. The van der Waals surface area contributed by atoms with Crippen LogP contribution in [-0.4, -0.2) is 24.8 Å². The van der Waals surface area contributed by atoms with Crippen molar-refractivity contribution in [1.29, 1.82) is 0 Å². The zero-order valence-corrected chi connectivity index (χ0v) is 12.4. The summed E-state index contributed by atoms with van der Waals surface area (Å²) in [6, 6.07) is 0. The van der Waals surface area contributed by atoms with Gasteiger partial charge in [-0.15, -0.1) is 5.10 Å². The maximum Gasteiger partial charge on any atom is 0.102 e. The molecule has 2 N–H and O–H groups in total. The first-order valence-electron chi connectivity index (χ1n) is 6.22. The van der Waals surface area contributed by atoms with Crippen molar-refractivity contribution in [1.82, 2.24) is 24.8 Å². The van der Waals surface area contributed by atoms with E-state index in [2.05, 4.69) is 15.4 Å². The van der Waals surface area contributed by atoms with Crippen LogP contribution in [0.2, 0.25) is 5.02 Å². The van der Waals surface area contributed by atoms with Gasteiger partial charge in [-0.2, -0.15) is 5.10 Å². The molecule has 0 aromatic carbocycles. The summed E-state index contributed by atoms with van der Waals surface area (Å²) in [4.78, 5) is 0. The molecule has 0 amide bonds. The lowest BCUT2D eigenvalue weighted by molar-refractivity contribution is 0.533. The third kappa shape index (κ3) is 2.79. The minimum absolute atomic E-state index is 0.497. The van der Waals surface area contributed by atoms with E-state index in [1.165, 1.54) is 0 Å². The minimum atomic E-state index is -0.497. The van der Waals surface area contributed by atoms with Crippen molar-refractivity contribution < 1.29 is 0 Å². The van der Waals surface area contributed by atoms with Crippen molar-refractivity contribution in [2.75, 3.05) is 0 Å². The van der Waals surface area contributed by atoms with E-state index in [0.29, 0.717) is 11.6 Å². The normalized spacial score (nSPS) is 12.1. The first-order chi connectivity index (χ1) is 8.82. The molecule has 7 heteroatoms. The van der Waals surface area contributed by atoms with Crippen LogP contribution in [0.5, 0.6) is 0 Å². The summed E-state index contributed by atoms with van der Waals surface area (Å²) in [5.41, 5.74) is 8.07. The average Bonchev–Trinajstić information content (AvgIpc) is 2.88. The molecule has 2 aromatic heterocycles. The molecular weight excluding hydrogens is 264 g/mol. The van der Waals surface area contributed by atoms with Crippen molar-refractivity contribution in [3.8, 4) is 0 Å². The van der Waals surface area contributed by atoms with Crippen LogP contribution in [0.3, 0.4) is 0 Å². The highest BCUT2D eigenvalue weighted by Crippen LogP contribution is 2.22. The number of nitrogens with zero attached hydrogens (tertiary/aromatic N) is 5. The Morgan fingerprint density at radius 3 is 2.58 bits per heavy atom. The van der Waals surface area contributed by atoms with Gasteiger partial charge in [-0.1, -0.05) is 23.7 Å². The van der Waals surface area contributed by atoms with Crippen LogP contribution in [-0.2, 0) is 25.6 Å². The van der Waals surface area contributed by atoms with Gasteiger partial charge in [0.05, 0.1) is 34.7 Å². The van der Waals surface area contributed by atoms with E-state index in [-0.39, 0.29) is 0 Å². The summed E-state index contributed by atoms with van der Waals surface area (Å²) >= 11 is 6.31. The smallest absolute Gasteiger partial charge is 0.102 e. The largest absolute Gasteiger partial charge is 0.320 e. The number of aromatic nitrogens is 5. The maximum absolute atomic E-state index is 6.31. The summed E-state index contributed by atoms with van der Waals surface area (Å²) in [6.45, 7) is 6.36. The molecular formula is C12H19ClN6.